The van der Waals surface area contributed by atoms with E-state index in [2.05, 4.69) is 6.92 Å². The molecule has 0 aliphatic heterocycles. The molecule has 0 spiro atoms. The maximum absolute atomic E-state index is 12.5. The summed E-state index contributed by atoms with van der Waals surface area (Å²) in [5, 5.41) is 0. The van der Waals surface area contributed by atoms with Crippen molar-refractivity contribution in [3.8, 4) is 11.5 Å². The lowest BCUT2D eigenvalue weighted by atomic mass is 10.0. The summed E-state index contributed by atoms with van der Waals surface area (Å²) in [6.45, 7) is 4.63. The fraction of sp³-hybridized carbons (Fsp3) is 0.278. The van der Waals surface area contributed by atoms with Crippen molar-refractivity contribution in [3.63, 3.8) is 0 Å². The molecule has 0 fully saturated rings. The number of ether oxygens (including phenoxy) is 2. The number of aryl methyl sites for hydroxylation is 1. The molecule has 2 rings (SSSR count). The molecule has 2 aromatic rings. The molecule has 0 aromatic heterocycles. The van der Waals surface area contributed by atoms with Gasteiger partial charge in [-0.15, -0.1) is 0 Å². The third-order valence-electron chi connectivity index (χ3n) is 3.23. The molecule has 110 valence electrons. The van der Waals surface area contributed by atoms with Gasteiger partial charge >= 0.3 is 0 Å². The number of ketones is 1. The Morgan fingerprint density at radius 3 is 2.52 bits per heavy atom. The molecular formula is C18H20O3. The minimum Gasteiger partial charge on any atom is -0.496 e. The lowest BCUT2D eigenvalue weighted by Gasteiger charge is -2.08. The lowest BCUT2D eigenvalue weighted by Crippen LogP contribution is -2.03. The zero-order valence-electron chi connectivity index (χ0n) is 12.7. The Morgan fingerprint density at radius 1 is 1.10 bits per heavy atom. The van der Waals surface area contributed by atoms with E-state index in [-0.39, 0.29) is 5.78 Å². The molecule has 0 aliphatic carbocycles. The van der Waals surface area contributed by atoms with E-state index in [1.54, 1.807) is 25.3 Å². The predicted octanol–water partition coefficient (Wildman–Crippen LogP) is 4.02. The molecule has 3 nitrogen and oxygen atoms in total. The lowest BCUT2D eigenvalue weighted by molar-refractivity contribution is 0.103. The minimum atomic E-state index is -0.0114. The Hall–Kier alpha value is -2.29. The van der Waals surface area contributed by atoms with Gasteiger partial charge in [0.05, 0.1) is 13.7 Å². The predicted molar refractivity (Wildman–Crippen MR) is 83.4 cm³/mol. The summed E-state index contributed by atoms with van der Waals surface area (Å²) < 4.78 is 10.8. The van der Waals surface area contributed by atoms with E-state index < -0.39 is 0 Å². The Balaban J connectivity index is 2.25. The Morgan fingerprint density at radius 2 is 1.86 bits per heavy atom. The van der Waals surface area contributed by atoms with Gasteiger partial charge in [0.1, 0.15) is 11.5 Å². The van der Waals surface area contributed by atoms with Crippen LogP contribution >= 0.6 is 0 Å². The Bertz CT molecular complexity index is 632. The monoisotopic (exact) mass is 284 g/mol. The molecule has 0 unspecified atom stereocenters. The standard InChI is InChI=1S/C18H20O3/c1-4-10-21-16-7-5-6-14(12-16)18(19)15-8-9-17(20-3)13(2)11-15/h5-9,11-12H,4,10H2,1-3H3. The molecule has 0 aliphatic rings. The molecule has 2 aromatic carbocycles. The van der Waals surface area contributed by atoms with Crippen LogP contribution in [0.2, 0.25) is 0 Å². The molecule has 0 bridgehead atoms. The van der Waals surface area contributed by atoms with Crippen molar-refractivity contribution in [2.45, 2.75) is 20.3 Å². The van der Waals surface area contributed by atoms with Gasteiger partial charge in [0.25, 0.3) is 0 Å². The number of hydrogen-bond acceptors (Lipinski definition) is 3. The highest BCUT2D eigenvalue weighted by Crippen LogP contribution is 2.22. The van der Waals surface area contributed by atoms with Crippen LogP contribution < -0.4 is 9.47 Å². The van der Waals surface area contributed by atoms with E-state index in [1.807, 2.05) is 31.2 Å². The van der Waals surface area contributed by atoms with Crippen LogP contribution in [0.15, 0.2) is 42.5 Å². The van der Waals surface area contributed by atoms with E-state index in [1.165, 1.54) is 0 Å². The molecule has 3 heteroatoms. The van der Waals surface area contributed by atoms with E-state index in [0.717, 1.165) is 23.5 Å². The summed E-state index contributed by atoms with van der Waals surface area (Å²) in [5.41, 5.74) is 2.23. The summed E-state index contributed by atoms with van der Waals surface area (Å²) in [6.07, 6.45) is 0.940. The van der Waals surface area contributed by atoms with Crippen molar-refractivity contribution in [2.75, 3.05) is 13.7 Å². The maximum Gasteiger partial charge on any atom is 0.193 e. The molecule has 0 saturated carbocycles. The number of benzene rings is 2. The molecule has 21 heavy (non-hydrogen) atoms. The van der Waals surface area contributed by atoms with Crippen molar-refractivity contribution in [1.29, 1.82) is 0 Å². The van der Waals surface area contributed by atoms with Crippen LogP contribution in [0.3, 0.4) is 0 Å². The van der Waals surface area contributed by atoms with Gasteiger partial charge < -0.3 is 9.47 Å². The molecular weight excluding hydrogens is 264 g/mol. The van der Waals surface area contributed by atoms with E-state index in [0.29, 0.717) is 17.7 Å². The fourth-order valence-electron chi connectivity index (χ4n) is 2.13. The highest BCUT2D eigenvalue weighted by Gasteiger charge is 2.11. The van der Waals surface area contributed by atoms with Gasteiger partial charge in [-0.2, -0.15) is 0 Å². The first-order chi connectivity index (χ1) is 10.2. The summed E-state index contributed by atoms with van der Waals surface area (Å²) >= 11 is 0. The van der Waals surface area contributed by atoms with E-state index in [4.69, 9.17) is 9.47 Å². The molecule has 0 N–H and O–H groups in total. The fourth-order valence-corrected chi connectivity index (χ4v) is 2.13. The molecule has 0 radical (unpaired) electrons. The van der Waals surface area contributed by atoms with Crippen LogP contribution in [0.1, 0.15) is 34.8 Å². The van der Waals surface area contributed by atoms with Crippen LogP contribution in [-0.2, 0) is 0 Å². The number of carbonyl (C=O) groups is 1. The third kappa shape index (κ3) is 3.63. The van der Waals surface area contributed by atoms with Crippen molar-refractivity contribution >= 4 is 5.78 Å². The van der Waals surface area contributed by atoms with Crippen LogP contribution in [0, 0.1) is 6.92 Å². The second kappa shape index (κ2) is 6.93. The van der Waals surface area contributed by atoms with Crippen molar-refractivity contribution in [2.24, 2.45) is 0 Å². The topological polar surface area (TPSA) is 35.5 Å². The van der Waals surface area contributed by atoms with Gasteiger partial charge in [0.2, 0.25) is 0 Å². The molecule has 0 atom stereocenters. The smallest absolute Gasteiger partial charge is 0.193 e. The van der Waals surface area contributed by atoms with E-state index in [9.17, 15) is 4.79 Å². The number of methoxy groups -OCH3 is 1. The zero-order chi connectivity index (χ0) is 15.2. The van der Waals surface area contributed by atoms with Gasteiger partial charge in [-0.3, -0.25) is 4.79 Å². The normalized spacial score (nSPS) is 10.2. The first-order valence-electron chi connectivity index (χ1n) is 7.08. The quantitative estimate of drug-likeness (QED) is 0.751. The van der Waals surface area contributed by atoms with E-state index >= 15 is 0 Å². The number of hydrogen-bond donors (Lipinski definition) is 0. The van der Waals surface area contributed by atoms with Crippen molar-refractivity contribution in [3.05, 3.63) is 59.2 Å². The largest absolute Gasteiger partial charge is 0.496 e. The van der Waals surface area contributed by atoms with Gasteiger partial charge in [-0.25, -0.2) is 0 Å². The number of carbonyl (C=O) groups excluding carboxylic acids is 1. The summed E-state index contributed by atoms with van der Waals surface area (Å²) in [4.78, 5) is 12.5. The third-order valence-corrected chi connectivity index (χ3v) is 3.23. The second-order valence-electron chi connectivity index (χ2n) is 4.89. The first-order valence-corrected chi connectivity index (χ1v) is 7.08. The van der Waals surface area contributed by atoms with Crippen molar-refractivity contribution < 1.29 is 14.3 Å². The first kappa shape index (κ1) is 15.1. The Kier molecular flexibility index (Phi) is 4.99. The average molecular weight is 284 g/mol. The molecule has 0 heterocycles. The van der Waals surface area contributed by atoms with Crippen LogP contribution in [0.5, 0.6) is 11.5 Å². The SMILES string of the molecule is CCCOc1cccc(C(=O)c2ccc(OC)c(C)c2)c1. The average Bonchev–Trinajstić information content (AvgIpc) is 2.52. The maximum atomic E-state index is 12.5. The van der Waals surface area contributed by atoms with Gasteiger partial charge in [0.15, 0.2) is 5.78 Å². The van der Waals surface area contributed by atoms with Crippen LogP contribution in [0.4, 0.5) is 0 Å². The summed E-state index contributed by atoms with van der Waals surface area (Å²) in [5.74, 6) is 1.50. The highest BCUT2D eigenvalue weighted by molar-refractivity contribution is 6.09. The molecule has 0 amide bonds. The highest BCUT2D eigenvalue weighted by atomic mass is 16.5. The number of rotatable bonds is 6. The summed E-state index contributed by atoms with van der Waals surface area (Å²) in [6, 6.07) is 12.8. The Labute approximate surface area is 125 Å². The molecule has 0 saturated heterocycles. The van der Waals surface area contributed by atoms with Crippen molar-refractivity contribution in [1.82, 2.24) is 0 Å². The van der Waals surface area contributed by atoms with Gasteiger partial charge in [-0.1, -0.05) is 19.1 Å². The van der Waals surface area contributed by atoms with Crippen LogP contribution in [-0.4, -0.2) is 19.5 Å². The van der Waals surface area contributed by atoms with Gasteiger partial charge in [0, 0.05) is 11.1 Å². The zero-order valence-corrected chi connectivity index (χ0v) is 12.7. The second-order valence-corrected chi connectivity index (χ2v) is 4.89. The summed E-state index contributed by atoms with van der Waals surface area (Å²) in [7, 11) is 1.62. The minimum absolute atomic E-state index is 0.0114. The van der Waals surface area contributed by atoms with Crippen LogP contribution in [0.25, 0.3) is 0 Å². The van der Waals surface area contributed by atoms with Gasteiger partial charge in [-0.05, 0) is 49.2 Å².